The second-order valence-electron chi connectivity index (χ2n) is 5.73. The number of aliphatic imine (C=N–C) groups is 1. The summed E-state index contributed by atoms with van der Waals surface area (Å²) in [4.78, 5) is 17.5. The zero-order valence-corrected chi connectivity index (χ0v) is 13.0. The van der Waals surface area contributed by atoms with Gasteiger partial charge in [-0.15, -0.1) is 0 Å². The minimum Gasteiger partial charge on any atom is -0.383 e. The number of aromatic nitrogens is 2. The lowest BCUT2D eigenvalue weighted by molar-refractivity contribution is 0.644. The Balaban J connectivity index is 2.12. The SMILES string of the molecule is Cn1c(N)c(C2=NCCCCCC2)c(=O)n1-c1ccccc1. The molecule has 1 aromatic heterocycles. The van der Waals surface area contributed by atoms with Crippen LogP contribution in [0.5, 0.6) is 0 Å². The summed E-state index contributed by atoms with van der Waals surface area (Å²) < 4.78 is 3.33. The van der Waals surface area contributed by atoms with Gasteiger partial charge in [-0.2, -0.15) is 0 Å². The highest BCUT2D eigenvalue weighted by atomic mass is 16.1. The fourth-order valence-electron chi connectivity index (χ4n) is 3.01. The van der Waals surface area contributed by atoms with Crippen LogP contribution in [0.2, 0.25) is 0 Å². The van der Waals surface area contributed by atoms with Crippen molar-refractivity contribution in [1.82, 2.24) is 9.36 Å². The van der Waals surface area contributed by atoms with Crippen molar-refractivity contribution in [3.8, 4) is 5.69 Å². The topological polar surface area (TPSA) is 65.3 Å². The van der Waals surface area contributed by atoms with Gasteiger partial charge in [-0.3, -0.25) is 14.5 Å². The maximum Gasteiger partial charge on any atom is 0.282 e. The summed E-state index contributed by atoms with van der Waals surface area (Å²) in [6.07, 6.45) is 5.40. The van der Waals surface area contributed by atoms with Crippen LogP contribution in [0.25, 0.3) is 5.69 Å². The number of para-hydroxylation sites is 1. The Bertz CT molecular complexity index is 740. The number of nitrogens with zero attached hydrogens (tertiary/aromatic N) is 3. The van der Waals surface area contributed by atoms with E-state index in [2.05, 4.69) is 4.99 Å². The highest BCUT2D eigenvalue weighted by Gasteiger charge is 2.21. The highest BCUT2D eigenvalue weighted by molar-refractivity contribution is 6.04. The molecule has 2 N–H and O–H groups in total. The van der Waals surface area contributed by atoms with Crippen LogP contribution in [-0.4, -0.2) is 21.6 Å². The Labute approximate surface area is 130 Å². The number of benzene rings is 1. The van der Waals surface area contributed by atoms with Crippen molar-refractivity contribution in [3.63, 3.8) is 0 Å². The van der Waals surface area contributed by atoms with E-state index in [1.165, 1.54) is 12.8 Å². The molecule has 5 nitrogen and oxygen atoms in total. The summed E-state index contributed by atoms with van der Waals surface area (Å²) in [7, 11) is 1.82. The Morgan fingerprint density at radius 2 is 1.82 bits per heavy atom. The third kappa shape index (κ3) is 2.58. The minimum atomic E-state index is -0.0782. The molecule has 0 unspecified atom stereocenters. The number of rotatable bonds is 2. The summed E-state index contributed by atoms with van der Waals surface area (Å²) in [5.74, 6) is 0.494. The Morgan fingerprint density at radius 1 is 1.09 bits per heavy atom. The number of hydrogen-bond acceptors (Lipinski definition) is 3. The molecule has 0 aliphatic carbocycles. The average Bonchev–Trinajstić information content (AvgIpc) is 2.71. The van der Waals surface area contributed by atoms with Crippen LogP contribution in [0, 0.1) is 0 Å². The first-order valence-electron chi connectivity index (χ1n) is 7.86. The van der Waals surface area contributed by atoms with E-state index < -0.39 is 0 Å². The molecule has 0 radical (unpaired) electrons. The molecular weight excluding hydrogens is 276 g/mol. The van der Waals surface area contributed by atoms with Crippen molar-refractivity contribution in [2.45, 2.75) is 32.1 Å². The van der Waals surface area contributed by atoms with Crippen LogP contribution in [0.4, 0.5) is 5.82 Å². The number of hydrogen-bond donors (Lipinski definition) is 1. The van der Waals surface area contributed by atoms with Crippen LogP contribution < -0.4 is 11.3 Å². The first-order chi connectivity index (χ1) is 10.7. The van der Waals surface area contributed by atoms with E-state index in [1.807, 2.05) is 37.4 Å². The van der Waals surface area contributed by atoms with Crippen molar-refractivity contribution in [3.05, 3.63) is 46.2 Å². The zero-order chi connectivity index (χ0) is 15.5. The molecule has 0 atom stereocenters. The molecule has 2 heterocycles. The quantitative estimate of drug-likeness (QED) is 0.925. The first kappa shape index (κ1) is 14.6. The average molecular weight is 298 g/mol. The van der Waals surface area contributed by atoms with Gasteiger partial charge in [0.25, 0.3) is 5.56 Å². The van der Waals surface area contributed by atoms with Crippen molar-refractivity contribution in [2.24, 2.45) is 12.0 Å². The molecule has 0 amide bonds. The van der Waals surface area contributed by atoms with Gasteiger partial charge in [0.05, 0.1) is 11.4 Å². The molecule has 0 saturated heterocycles. The van der Waals surface area contributed by atoms with Crippen LogP contribution >= 0.6 is 0 Å². The molecule has 0 spiro atoms. The molecular formula is C17H22N4O. The van der Waals surface area contributed by atoms with Gasteiger partial charge in [0.2, 0.25) is 0 Å². The molecule has 22 heavy (non-hydrogen) atoms. The predicted molar refractivity (Wildman–Crippen MR) is 89.9 cm³/mol. The fraction of sp³-hybridized carbons (Fsp3) is 0.412. The van der Waals surface area contributed by atoms with Gasteiger partial charge < -0.3 is 5.73 Å². The normalized spacial score (nSPS) is 16.0. The third-order valence-corrected chi connectivity index (χ3v) is 4.22. The van der Waals surface area contributed by atoms with Gasteiger partial charge in [-0.1, -0.05) is 31.0 Å². The van der Waals surface area contributed by atoms with Crippen LogP contribution in [-0.2, 0) is 7.05 Å². The lowest BCUT2D eigenvalue weighted by atomic mass is 10.0. The molecule has 5 heteroatoms. The standard InChI is InChI=1S/C17H22N4O/c1-20-16(18)15(14-11-7-2-3-8-12-19-14)17(22)21(20)13-9-5-4-6-10-13/h4-6,9-10H,2-3,7-8,11-12,18H2,1H3. The summed E-state index contributed by atoms with van der Waals surface area (Å²) in [6, 6.07) is 9.58. The largest absolute Gasteiger partial charge is 0.383 e. The smallest absolute Gasteiger partial charge is 0.282 e. The number of nitrogens with two attached hydrogens (primary N) is 1. The summed E-state index contributed by atoms with van der Waals surface area (Å²) in [6.45, 7) is 0.786. The monoisotopic (exact) mass is 298 g/mol. The van der Waals surface area contributed by atoms with Gasteiger partial charge in [-0.05, 0) is 31.4 Å². The van der Waals surface area contributed by atoms with Gasteiger partial charge in [0, 0.05) is 13.6 Å². The second kappa shape index (κ2) is 6.22. The van der Waals surface area contributed by atoms with E-state index in [1.54, 1.807) is 9.36 Å². The zero-order valence-electron chi connectivity index (χ0n) is 13.0. The molecule has 1 aliphatic heterocycles. The molecule has 0 saturated carbocycles. The van der Waals surface area contributed by atoms with Gasteiger partial charge in [0.1, 0.15) is 11.4 Å². The van der Waals surface area contributed by atoms with Crippen molar-refractivity contribution >= 4 is 11.5 Å². The fourth-order valence-corrected chi connectivity index (χ4v) is 3.01. The second-order valence-corrected chi connectivity index (χ2v) is 5.73. The van der Waals surface area contributed by atoms with Gasteiger partial charge >= 0.3 is 0 Å². The van der Waals surface area contributed by atoms with Crippen LogP contribution in [0.3, 0.4) is 0 Å². The molecule has 0 bridgehead atoms. The Hall–Kier alpha value is -2.30. The van der Waals surface area contributed by atoms with E-state index in [4.69, 9.17) is 5.73 Å². The summed E-state index contributed by atoms with van der Waals surface area (Å²) >= 11 is 0. The number of anilines is 1. The molecule has 1 aromatic carbocycles. The minimum absolute atomic E-state index is 0.0782. The van der Waals surface area contributed by atoms with E-state index in [-0.39, 0.29) is 5.56 Å². The van der Waals surface area contributed by atoms with E-state index >= 15 is 0 Å². The number of nitrogen functional groups attached to an aromatic ring is 1. The molecule has 1 aliphatic rings. The van der Waals surface area contributed by atoms with Gasteiger partial charge in [0.15, 0.2) is 0 Å². The Kier molecular flexibility index (Phi) is 4.13. The van der Waals surface area contributed by atoms with E-state index in [9.17, 15) is 4.79 Å². The molecule has 3 rings (SSSR count). The van der Waals surface area contributed by atoms with Crippen molar-refractivity contribution in [2.75, 3.05) is 12.3 Å². The predicted octanol–water partition coefficient (Wildman–Crippen LogP) is 2.51. The maximum absolute atomic E-state index is 12.9. The molecule has 0 fully saturated rings. The third-order valence-electron chi connectivity index (χ3n) is 4.22. The van der Waals surface area contributed by atoms with Crippen LogP contribution in [0.1, 0.15) is 37.7 Å². The molecule has 2 aromatic rings. The van der Waals surface area contributed by atoms with E-state index in [0.29, 0.717) is 11.4 Å². The van der Waals surface area contributed by atoms with Crippen molar-refractivity contribution < 1.29 is 0 Å². The lowest BCUT2D eigenvalue weighted by Gasteiger charge is -2.09. The maximum atomic E-state index is 12.9. The summed E-state index contributed by atoms with van der Waals surface area (Å²) in [5.41, 5.74) is 8.41. The highest BCUT2D eigenvalue weighted by Crippen LogP contribution is 2.18. The van der Waals surface area contributed by atoms with Crippen molar-refractivity contribution in [1.29, 1.82) is 0 Å². The van der Waals surface area contributed by atoms with Crippen LogP contribution in [0.15, 0.2) is 40.1 Å². The molecule has 116 valence electrons. The summed E-state index contributed by atoms with van der Waals surface area (Å²) in [5, 5.41) is 0. The lowest BCUT2D eigenvalue weighted by Crippen LogP contribution is -2.23. The first-order valence-corrected chi connectivity index (χ1v) is 7.86. The van der Waals surface area contributed by atoms with E-state index in [0.717, 1.165) is 37.2 Å². The van der Waals surface area contributed by atoms with Gasteiger partial charge in [-0.25, -0.2) is 4.68 Å². The Morgan fingerprint density at radius 3 is 2.59 bits per heavy atom.